The number of hydrogen-bond donors (Lipinski definition) is 4. The summed E-state index contributed by atoms with van der Waals surface area (Å²) in [5, 5.41) is 15.0. The maximum atomic E-state index is 11.1. The Balaban J connectivity index is 1.60. The molecule has 0 saturated heterocycles. The molecule has 1 aliphatic heterocycles. The summed E-state index contributed by atoms with van der Waals surface area (Å²) in [4.78, 5) is 34.5. The molecule has 4 N–H and O–H groups in total. The number of carboxylic acids is 1. The Morgan fingerprint density at radius 3 is 2.67 bits per heavy atom. The summed E-state index contributed by atoms with van der Waals surface area (Å²) in [5.74, 6) is 1.86. The lowest BCUT2D eigenvalue weighted by Gasteiger charge is -2.14. The van der Waals surface area contributed by atoms with Gasteiger partial charge in [0.15, 0.2) is 0 Å². The van der Waals surface area contributed by atoms with Crippen molar-refractivity contribution in [2.45, 2.75) is 33.2 Å². The van der Waals surface area contributed by atoms with E-state index in [0.717, 1.165) is 61.1 Å². The Morgan fingerprint density at radius 2 is 1.92 bits per heavy atom. The van der Waals surface area contributed by atoms with Crippen molar-refractivity contribution in [1.29, 1.82) is 0 Å². The molecule has 0 spiro atoms. The van der Waals surface area contributed by atoms with Gasteiger partial charge in [0.2, 0.25) is 0 Å². The van der Waals surface area contributed by atoms with E-state index in [2.05, 4.69) is 21.8 Å². The van der Waals surface area contributed by atoms with Crippen molar-refractivity contribution in [1.82, 2.24) is 25.4 Å². The van der Waals surface area contributed by atoms with Crippen LogP contribution in [0.25, 0.3) is 49.7 Å². The lowest BCUT2D eigenvalue weighted by atomic mass is 9.96. The third-order valence-electron chi connectivity index (χ3n) is 6.99. The number of nitrogens with one attached hydrogen (secondary N) is 3. The summed E-state index contributed by atoms with van der Waals surface area (Å²) >= 11 is 0. The number of benzene rings is 2. The maximum Gasteiger partial charge on any atom is 0.305 e. The van der Waals surface area contributed by atoms with Crippen LogP contribution in [0.5, 0.6) is 5.75 Å². The Bertz CT molecular complexity index is 1810. The molecule has 0 saturated carbocycles. The quantitative estimate of drug-likeness (QED) is 0.227. The van der Waals surface area contributed by atoms with E-state index in [4.69, 9.17) is 29.6 Å². The van der Waals surface area contributed by atoms with E-state index in [1.54, 1.807) is 7.11 Å². The first-order chi connectivity index (χ1) is 18.8. The van der Waals surface area contributed by atoms with Crippen molar-refractivity contribution < 1.29 is 19.5 Å². The van der Waals surface area contributed by atoms with Gasteiger partial charge in [0.05, 0.1) is 36.2 Å². The number of carboxylic acid groups (broad SMARTS) is 1. The molecule has 198 valence electrons. The standard InChI is InChI=1S/C29H28N6O4/c1-14-26(15(2)39-35-14)20-11-22-19(12-23(20)38-4)27-28(31-16(3)32-29(27)34-22)18-13-24(30-10-9-25(36)37)33-21-8-6-5-7-17(18)21/h5-8,11-14,35H,9-10H2,1-4H3,(H,30,33)(H,36,37)(H,31,32,34). The monoisotopic (exact) mass is 524 g/mol. The van der Waals surface area contributed by atoms with Gasteiger partial charge >= 0.3 is 5.97 Å². The highest BCUT2D eigenvalue weighted by atomic mass is 16.7. The smallest absolute Gasteiger partial charge is 0.305 e. The number of hydrogen-bond acceptors (Lipinski definition) is 8. The number of nitrogens with zero attached hydrogens (tertiary/aromatic N) is 3. The number of rotatable bonds is 7. The number of anilines is 1. The number of H-pyrrole nitrogens is 1. The molecule has 10 heteroatoms. The van der Waals surface area contributed by atoms with E-state index in [9.17, 15) is 4.79 Å². The molecule has 1 atom stereocenters. The normalized spacial score (nSPS) is 15.3. The minimum Gasteiger partial charge on any atom is -0.496 e. The van der Waals surface area contributed by atoms with Crippen molar-refractivity contribution in [2.75, 3.05) is 19.0 Å². The molecule has 5 aromatic rings. The summed E-state index contributed by atoms with van der Waals surface area (Å²) < 4.78 is 5.86. The molecule has 0 amide bonds. The number of allylic oxidation sites excluding steroid dienone is 1. The zero-order valence-electron chi connectivity index (χ0n) is 22.0. The van der Waals surface area contributed by atoms with Crippen LogP contribution >= 0.6 is 0 Å². The molecule has 3 aromatic heterocycles. The van der Waals surface area contributed by atoms with Gasteiger partial charge in [-0.1, -0.05) is 18.2 Å². The number of carbonyl (C=O) groups is 1. The van der Waals surface area contributed by atoms with Crippen molar-refractivity contribution in [3.8, 4) is 17.0 Å². The zero-order valence-corrected chi connectivity index (χ0v) is 22.0. The highest BCUT2D eigenvalue weighted by Gasteiger charge is 2.27. The summed E-state index contributed by atoms with van der Waals surface area (Å²) in [6, 6.07) is 13.9. The van der Waals surface area contributed by atoms with Crippen LogP contribution in [0.4, 0.5) is 5.82 Å². The van der Waals surface area contributed by atoms with E-state index in [1.807, 2.05) is 57.2 Å². The molecule has 4 heterocycles. The van der Waals surface area contributed by atoms with Crippen molar-refractivity contribution in [3.63, 3.8) is 0 Å². The molecule has 0 fully saturated rings. The number of aromatic amines is 1. The number of pyridine rings is 1. The lowest BCUT2D eigenvalue weighted by Crippen LogP contribution is -2.19. The van der Waals surface area contributed by atoms with Crippen LogP contribution in [0, 0.1) is 6.92 Å². The largest absolute Gasteiger partial charge is 0.496 e. The van der Waals surface area contributed by atoms with E-state index in [0.29, 0.717) is 17.3 Å². The molecule has 1 aliphatic rings. The Kier molecular flexibility index (Phi) is 6.03. The molecular weight excluding hydrogens is 496 g/mol. The van der Waals surface area contributed by atoms with Crippen LogP contribution in [0.2, 0.25) is 0 Å². The van der Waals surface area contributed by atoms with Gasteiger partial charge in [-0.15, -0.1) is 5.48 Å². The van der Waals surface area contributed by atoms with Crippen LogP contribution in [-0.4, -0.2) is 50.7 Å². The summed E-state index contributed by atoms with van der Waals surface area (Å²) in [5.41, 5.74) is 9.02. The van der Waals surface area contributed by atoms with Gasteiger partial charge in [-0.25, -0.2) is 15.0 Å². The second-order valence-corrected chi connectivity index (χ2v) is 9.62. The second-order valence-electron chi connectivity index (χ2n) is 9.62. The number of hydroxylamine groups is 1. The van der Waals surface area contributed by atoms with Crippen molar-refractivity contribution in [2.24, 2.45) is 0 Å². The summed E-state index contributed by atoms with van der Waals surface area (Å²) in [6.45, 7) is 6.11. The summed E-state index contributed by atoms with van der Waals surface area (Å²) in [7, 11) is 1.66. The fourth-order valence-corrected chi connectivity index (χ4v) is 5.29. The molecule has 0 aliphatic carbocycles. The van der Waals surface area contributed by atoms with E-state index in [-0.39, 0.29) is 19.0 Å². The SMILES string of the molecule is COc1cc2c(cc1C1=C(C)ONC1C)[nH]c1nc(C)nc(-c3cc(NCCC(=O)O)nc4ccccc34)c12. The molecule has 2 aromatic carbocycles. The Hall–Kier alpha value is -4.70. The van der Waals surface area contributed by atoms with Gasteiger partial charge in [-0.05, 0) is 45.0 Å². The fraction of sp³-hybridized carbons (Fsp3) is 0.241. The molecule has 0 radical (unpaired) electrons. The van der Waals surface area contributed by atoms with Crippen molar-refractivity contribution >= 4 is 50.2 Å². The van der Waals surface area contributed by atoms with Gasteiger partial charge in [0, 0.05) is 39.5 Å². The minimum absolute atomic E-state index is 0.00792. The minimum atomic E-state index is -0.871. The third kappa shape index (κ3) is 4.28. The number of aliphatic carboxylic acids is 1. The first-order valence-corrected chi connectivity index (χ1v) is 12.7. The molecular formula is C29H28N6O4. The van der Waals surface area contributed by atoms with Crippen LogP contribution in [-0.2, 0) is 9.63 Å². The van der Waals surface area contributed by atoms with Gasteiger partial charge in [-0.2, -0.15) is 0 Å². The van der Waals surface area contributed by atoms with E-state index >= 15 is 0 Å². The highest BCUT2D eigenvalue weighted by Crippen LogP contribution is 2.41. The second kappa shape index (κ2) is 9.55. The van der Waals surface area contributed by atoms with Crippen LogP contribution < -0.4 is 15.5 Å². The molecule has 6 rings (SSSR count). The van der Waals surface area contributed by atoms with Gasteiger partial charge in [0.25, 0.3) is 0 Å². The van der Waals surface area contributed by atoms with Crippen LogP contribution in [0.15, 0.2) is 48.2 Å². The number of fused-ring (bicyclic) bond motifs is 4. The van der Waals surface area contributed by atoms with Gasteiger partial charge in [0.1, 0.15) is 28.8 Å². The molecule has 10 nitrogen and oxygen atoms in total. The van der Waals surface area contributed by atoms with Gasteiger partial charge < -0.3 is 25.0 Å². The van der Waals surface area contributed by atoms with Crippen LogP contribution in [0.1, 0.15) is 31.7 Å². The number of aryl methyl sites for hydroxylation is 1. The number of methoxy groups -OCH3 is 1. The van der Waals surface area contributed by atoms with Crippen LogP contribution in [0.3, 0.4) is 0 Å². The van der Waals surface area contributed by atoms with Crippen molar-refractivity contribution in [3.05, 3.63) is 59.6 Å². The Morgan fingerprint density at radius 1 is 1.10 bits per heavy atom. The third-order valence-corrected chi connectivity index (χ3v) is 6.99. The topological polar surface area (TPSA) is 134 Å². The average molecular weight is 525 g/mol. The summed E-state index contributed by atoms with van der Waals surface area (Å²) in [6.07, 6.45) is -0.0135. The first-order valence-electron chi connectivity index (χ1n) is 12.7. The number of ether oxygens (including phenoxy) is 1. The Labute approximate surface area is 224 Å². The zero-order chi connectivity index (χ0) is 27.3. The first kappa shape index (κ1) is 24.6. The lowest BCUT2D eigenvalue weighted by molar-refractivity contribution is -0.136. The van der Waals surface area contributed by atoms with E-state index in [1.165, 1.54) is 0 Å². The fourth-order valence-electron chi connectivity index (χ4n) is 5.29. The maximum absolute atomic E-state index is 11.1. The molecule has 39 heavy (non-hydrogen) atoms. The molecule has 1 unspecified atom stereocenters. The predicted molar refractivity (Wildman–Crippen MR) is 150 cm³/mol. The molecule has 0 bridgehead atoms. The average Bonchev–Trinajstić information content (AvgIpc) is 3.44. The van der Waals surface area contributed by atoms with E-state index < -0.39 is 5.97 Å². The highest BCUT2D eigenvalue weighted by molar-refractivity contribution is 6.15. The van der Waals surface area contributed by atoms with Gasteiger partial charge in [-0.3, -0.25) is 4.79 Å². The number of aromatic nitrogens is 4. The predicted octanol–water partition coefficient (Wildman–Crippen LogP) is 5.18. The number of para-hydroxylation sites is 1.